The van der Waals surface area contributed by atoms with Crippen LogP contribution in [-0.2, 0) is 14.8 Å². The molecule has 1 aromatic rings. The Labute approximate surface area is 175 Å². The van der Waals surface area contributed by atoms with Gasteiger partial charge < -0.3 is 19.9 Å². The zero-order chi connectivity index (χ0) is 24.1. The Balaban J connectivity index is 0.000000360. The van der Waals surface area contributed by atoms with Crippen molar-refractivity contribution in [2.24, 2.45) is 0 Å². The Morgan fingerprint density at radius 2 is 1.47 bits per heavy atom. The fourth-order valence-electron chi connectivity index (χ4n) is 2.96. The first kappa shape index (κ1) is 24.1. The van der Waals surface area contributed by atoms with Gasteiger partial charge in [0.1, 0.15) is 0 Å². The van der Waals surface area contributed by atoms with Crippen molar-refractivity contribution in [3.05, 3.63) is 29.3 Å². The number of aliphatic carboxylic acids is 1. The number of sulfonamides is 1. The maximum Gasteiger partial charge on any atom is 0.507 e. The second kappa shape index (κ2) is 7.77. The molecule has 3 heterocycles. The highest BCUT2D eigenvalue weighted by Gasteiger charge is 2.66. The van der Waals surface area contributed by atoms with Gasteiger partial charge in [-0.15, -0.1) is 0 Å². The predicted molar refractivity (Wildman–Crippen MR) is 89.9 cm³/mol. The summed E-state index contributed by atoms with van der Waals surface area (Å²) in [6.45, 7) is 1.61. The van der Waals surface area contributed by atoms with E-state index < -0.39 is 45.9 Å². The summed E-state index contributed by atoms with van der Waals surface area (Å²) < 4.78 is 119. The van der Waals surface area contributed by atoms with Crippen molar-refractivity contribution >= 4 is 16.0 Å². The van der Waals surface area contributed by atoms with Gasteiger partial charge in [-0.2, -0.15) is 35.0 Å². The summed E-state index contributed by atoms with van der Waals surface area (Å²) in [5.74, 6) is -4.16. The van der Waals surface area contributed by atoms with E-state index in [1.165, 1.54) is 4.31 Å². The lowest BCUT2D eigenvalue weighted by molar-refractivity contribution is -0.391. The summed E-state index contributed by atoms with van der Waals surface area (Å²) in [5.41, 5.74) is 1.96. The van der Waals surface area contributed by atoms with Crippen molar-refractivity contribution in [1.29, 1.82) is 0 Å². The SMILES string of the molecule is O=C(O)C(F)(F)F.O=S(=O)(c1ccc2c(c1)OC(F)(F)C(F)(F)O2)N1CC2=C(CNC2)C1. The third-order valence-electron chi connectivity index (χ3n) is 4.52. The molecule has 16 heteroatoms. The van der Waals surface area contributed by atoms with Crippen LogP contribution in [-0.4, -0.2) is 68.4 Å². The minimum atomic E-state index is -5.08. The van der Waals surface area contributed by atoms with Crippen LogP contribution in [0.15, 0.2) is 34.2 Å². The molecular weight excluding hydrogens is 481 g/mol. The van der Waals surface area contributed by atoms with E-state index in [2.05, 4.69) is 14.8 Å². The van der Waals surface area contributed by atoms with E-state index in [1.807, 2.05) is 0 Å². The third-order valence-corrected chi connectivity index (χ3v) is 6.31. The Morgan fingerprint density at radius 1 is 1.00 bits per heavy atom. The number of hydrogen-bond donors (Lipinski definition) is 2. The average molecular weight is 494 g/mol. The average Bonchev–Trinajstić information content (AvgIpc) is 3.23. The quantitative estimate of drug-likeness (QED) is 0.480. The zero-order valence-corrected chi connectivity index (χ0v) is 16.4. The van der Waals surface area contributed by atoms with Crippen LogP contribution in [0.2, 0.25) is 0 Å². The summed E-state index contributed by atoms with van der Waals surface area (Å²) >= 11 is 0. The smallest absolute Gasteiger partial charge is 0.475 e. The molecule has 0 fully saturated rings. The van der Waals surface area contributed by atoms with Gasteiger partial charge in [-0.25, -0.2) is 13.2 Å². The lowest BCUT2D eigenvalue weighted by atomic mass is 10.2. The van der Waals surface area contributed by atoms with Crippen molar-refractivity contribution in [2.75, 3.05) is 26.2 Å². The maximum atomic E-state index is 13.3. The van der Waals surface area contributed by atoms with Crippen LogP contribution < -0.4 is 14.8 Å². The van der Waals surface area contributed by atoms with Gasteiger partial charge in [-0.1, -0.05) is 0 Å². The number of carbonyl (C=O) groups is 1. The molecular formula is C16H13F7N2O6S. The van der Waals surface area contributed by atoms with Crippen molar-refractivity contribution in [3.63, 3.8) is 0 Å². The summed E-state index contributed by atoms with van der Waals surface area (Å²) in [6, 6.07) is 2.68. The van der Waals surface area contributed by atoms with Crippen LogP contribution in [0, 0.1) is 0 Å². The number of rotatable bonds is 2. The lowest BCUT2D eigenvalue weighted by Crippen LogP contribution is -2.52. The molecule has 32 heavy (non-hydrogen) atoms. The van der Waals surface area contributed by atoms with E-state index in [4.69, 9.17) is 9.90 Å². The number of carboxylic acids is 1. The molecule has 3 aliphatic rings. The normalized spacial score (nSPS) is 21.6. The fraction of sp³-hybridized carbons (Fsp3) is 0.438. The monoisotopic (exact) mass is 494 g/mol. The van der Waals surface area contributed by atoms with E-state index in [1.54, 1.807) is 0 Å². The van der Waals surface area contributed by atoms with Gasteiger partial charge in [-0.05, 0) is 23.3 Å². The van der Waals surface area contributed by atoms with Gasteiger partial charge in [0, 0.05) is 32.2 Å². The highest BCUT2D eigenvalue weighted by Crippen LogP contribution is 2.47. The molecule has 2 N–H and O–H groups in total. The molecule has 1 aromatic carbocycles. The molecule has 0 aliphatic carbocycles. The Bertz CT molecular complexity index is 1060. The Morgan fingerprint density at radius 3 is 1.94 bits per heavy atom. The summed E-state index contributed by atoms with van der Waals surface area (Å²) in [6.07, 6.45) is -14.8. The number of ether oxygens (including phenoxy) is 2. The van der Waals surface area contributed by atoms with Gasteiger partial charge in [0.05, 0.1) is 4.90 Å². The Kier molecular flexibility index (Phi) is 5.84. The number of benzene rings is 1. The van der Waals surface area contributed by atoms with Crippen LogP contribution in [0.4, 0.5) is 30.7 Å². The van der Waals surface area contributed by atoms with E-state index in [-0.39, 0.29) is 18.0 Å². The molecule has 0 amide bonds. The van der Waals surface area contributed by atoms with Gasteiger partial charge in [0.25, 0.3) is 0 Å². The first-order chi connectivity index (χ1) is 14.5. The molecule has 0 radical (unpaired) electrons. The zero-order valence-electron chi connectivity index (χ0n) is 15.6. The number of carboxylic acid groups (broad SMARTS) is 1. The molecule has 0 spiro atoms. The predicted octanol–water partition coefficient (Wildman–Crippen LogP) is 2.18. The first-order valence-corrected chi connectivity index (χ1v) is 9.97. The molecule has 0 saturated heterocycles. The molecule has 0 atom stereocenters. The molecule has 178 valence electrons. The number of fused-ring (bicyclic) bond motifs is 1. The number of hydrogen-bond acceptors (Lipinski definition) is 6. The van der Waals surface area contributed by atoms with Crippen LogP contribution in [0.25, 0.3) is 0 Å². The minimum Gasteiger partial charge on any atom is -0.475 e. The van der Waals surface area contributed by atoms with E-state index in [9.17, 15) is 39.2 Å². The molecule has 0 saturated carbocycles. The number of nitrogens with zero attached hydrogens (tertiary/aromatic N) is 1. The second-order valence-electron chi connectivity index (χ2n) is 6.73. The van der Waals surface area contributed by atoms with Crippen molar-refractivity contribution < 1.29 is 58.5 Å². The fourth-order valence-corrected chi connectivity index (χ4v) is 4.40. The molecule has 0 bridgehead atoms. The highest BCUT2D eigenvalue weighted by molar-refractivity contribution is 7.89. The maximum absolute atomic E-state index is 13.3. The molecule has 4 rings (SSSR count). The molecule has 8 nitrogen and oxygen atoms in total. The van der Waals surface area contributed by atoms with Gasteiger partial charge >= 0.3 is 24.4 Å². The number of halogens is 7. The van der Waals surface area contributed by atoms with E-state index >= 15 is 0 Å². The third kappa shape index (κ3) is 4.47. The van der Waals surface area contributed by atoms with Crippen molar-refractivity contribution in [3.8, 4) is 11.5 Å². The van der Waals surface area contributed by atoms with Crippen molar-refractivity contribution in [1.82, 2.24) is 9.62 Å². The standard InChI is InChI=1S/C14H12F4N2O4S.C2HF3O2/c15-13(16)14(17,18)24-12-3-10(1-2-11(12)23-13)25(21,22)20-6-8-4-19-5-9(8)7-20;3-2(4,5)1(6)7/h1-3,19H,4-7H2;(H,6,7). The van der Waals surface area contributed by atoms with Crippen LogP contribution in [0.3, 0.4) is 0 Å². The number of alkyl halides is 7. The van der Waals surface area contributed by atoms with Gasteiger partial charge in [0.15, 0.2) is 11.5 Å². The summed E-state index contributed by atoms with van der Waals surface area (Å²) in [4.78, 5) is 8.57. The minimum absolute atomic E-state index is 0.202. The van der Waals surface area contributed by atoms with E-state index in [0.29, 0.717) is 13.1 Å². The van der Waals surface area contributed by atoms with Gasteiger partial charge in [0.2, 0.25) is 10.0 Å². The summed E-state index contributed by atoms with van der Waals surface area (Å²) in [7, 11) is -3.98. The second-order valence-corrected chi connectivity index (χ2v) is 8.67. The first-order valence-electron chi connectivity index (χ1n) is 8.53. The van der Waals surface area contributed by atoms with Crippen molar-refractivity contribution in [2.45, 2.75) is 23.3 Å². The molecule has 0 unspecified atom stereocenters. The largest absolute Gasteiger partial charge is 0.507 e. The van der Waals surface area contributed by atoms with Crippen LogP contribution >= 0.6 is 0 Å². The van der Waals surface area contributed by atoms with Gasteiger partial charge in [-0.3, -0.25) is 0 Å². The van der Waals surface area contributed by atoms with Crippen LogP contribution in [0.5, 0.6) is 11.5 Å². The van der Waals surface area contributed by atoms with E-state index in [0.717, 1.165) is 29.3 Å². The van der Waals surface area contributed by atoms with Crippen LogP contribution in [0.1, 0.15) is 0 Å². The summed E-state index contributed by atoms with van der Waals surface area (Å²) in [5, 5.41) is 10.2. The Hall–Kier alpha value is -2.59. The lowest BCUT2D eigenvalue weighted by Gasteiger charge is -2.32. The molecule has 0 aromatic heterocycles. The molecule has 3 aliphatic heterocycles. The highest BCUT2D eigenvalue weighted by atomic mass is 32.2. The topological polar surface area (TPSA) is 105 Å². The number of nitrogens with one attached hydrogen (secondary N) is 1.